The minimum atomic E-state index is 0.132. The van der Waals surface area contributed by atoms with Crippen LogP contribution in [0.5, 0.6) is 5.75 Å². The third-order valence-corrected chi connectivity index (χ3v) is 3.94. The number of aliphatic hydroxyl groups is 1. The molecule has 0 saturated carbocycles. The smallest absolute Gasteiger partial charge is 0.227 e. The summed E-state index contributed by atoms with van der Waals surface area (Å²) in [5, 5.41) is 9.13. The van der Waals surface area contributed by atoms with Crippen LogP contribution in [0.1, 0.15) is 31.2 Å². The molecule has 0 aromatic heterocycles. The predicted molar refractivity (Wildman–Crippen MR) is 77.8 cm³/mol. The summed E-state index contributed by atoms with van der Waals surface area (Å²) in [7, 11) is 1.62. The van der Waals surface area contributed by atoms with Gasteiger partial charge in [-0.1, -0.05) is 18.2 Å². The predicted octanol–water partition coefficient (Wildman–Crippen LogP) is 2.00. The highest BCUT2D eigenvalue weighted by Gasteiger charge is 2.26. The van der Waals surface area contributed by atoms with Crippen LogP contribution in [0.3, 0.4) is 0 Å². The van der Waals surface area contributed by atoms with Gasteiger partial charge in [0.15, 0.2) is 0 Å². The van der Waals surface area contributed by atoms with E-state index in [1.54, 1.807) is 7.11 Å². The van der Waals surface area contributed by atoms with Crippen LogP contribution in [0.15, 0.2) is 24.3 Å². The van der Waals surface area contributed by atoms with Crippen molar-refractivity contribution >= 4 is 5.91 Å². The number of piperidine rings is 1. The van der Waals surface area contributed by atoms with Crippen LogP contribution in [0.4, 0.5) is 0 Å². The van der Waals surface area contributed by atoms with Crippen LogP contribution < -0.4 is 4.74 Å². The number of nitrogens with zero attached hydrogens (tertiary/aromatic N) is 1. The van der Waals surface area contributed by atoms with Crippen LogP contribution >= 0.6 is 0 Å². The average molecular weight is 277 g/mol. The number of rotatable bonds is 5. The number of amides is 1. The van der Waals surface area contributed by atoms with Gasteiger partial charge < -0.3 is 14.7 Å². The van der Waals surface area contributed by atoms with E-state index in [0.717, 1.165) is 37.1 Å². The molecule has 0 spiro atoms. The first-order valence-corrected chi connectivity index (χ1v) is 7.28. The standard InChI is InChI=1S/C16H23NO3/c1-20-15-8-3-2-6-13(15)12-16(19)17-10-5-4-7-14(17)9-11-18/h2-3,6,8,14,18H,4-5,7,9-12H2,1H3. The minimum absolute atomic E-state index is 0.132. The quantitative estimate of drug-likeness (QED) is 0.895. The lowest BCUT2D eigenvalue weighted by atomic mass is 9.98. The van der Waals surface area contributed by atoms with E-state index < -0.39 is 0 Å². The topological polar surface area (TPSA) is 49.8 Å². The summed E-state index contributed by atoms with van der Waals surface area (Å²) in [6, 6.07) is 7.83. The van der Waals surface area contributed by atoms with E-state index in [1.807, 2.05) is 29.2 Å². The van der Waals surface area contributed by atoms with E-state index in [4.69, 9.17) is 9.84 Å². The molecule has 20 heavy (non-hydrogen) atoms. The van der Waals surface area contributed by atoms with E-state index in [0.29, 0.717) is 12.8 Å². The summed E-state index contributed by atoms with van der Waals surface area (Å²) in [5.41, 5.74) is 0.924. The van der Waals surface area contributed by atoms with Gasteiger partial charge in [0.1, 0.15) is 5.75 Å². The number of methoxy groups -OCH3 is 1. The largest absolute Gasteiger partial charge is 0.496 e. The molecule has 0 radical (unpaired) electrons. The van der Waals surface area contributed by atoms with E-state index in [9.17, 15) is 4.79 Å². The first kappa shape index (κ1) is 14.9. The second kappa shape index (κ2) is 7.29. The number of ether oxygens (including phenoxy) is 1. The maximum absolute atomic E-state index is 12.5. The Hall–Kier alpha value is -1.55. The van der Waals surface area contributed by atoms with Gasteiger partial charge in [-0.05, 0) is 31.7 Å². The van der Waals surface area contributed by atoms with Crippen molar-refractivity contribution in [1.82, 2.24) is 4.90 Å². The number of hydrogen-bond acceptors (Lipinski definition) is 3. The van der Waals surface area contributed by atoms with Crippen LogP contribution in [0.25, 0.3) is 0 Å². The van der Waals surface area contributed by atoms with Crippen molar-refractivity contribution in [2.24, 2.45) is 0 Å². The number of carbonyl (C=O) groups excluding carboxylic acids is 1. The molecule has 1 fully saturated rings. The zero-order valence-electron chi connectivity index (χ0n) is 12.0. The Labute approximate surface area is 120 Å². The molecule has 4 heteroatoms. The Morgan fingerprint density at radius 1 is 1.40 bits per heavy atom. The monoisotopic (exact) mass is 277 g/mol. The molecule has 1 aromatic carbocycles. The molecule has 0 aliphatic carbocycles. The van der Waals surface area contributed by atoms with Gasteiger partial charge in [-0.15, -0.1) is 0 Å². The Kier molecular flexibility index (Phi) is 5.41. The molecule has 1 amide bonds. The van der Waals surface area contributed by atoms with Gasteiger partial charge in [-0.2, -0.15) is 0 Å². The minimum Gasteiger partial charge on any atom is -0.496 e. The number of carbonyl (C=O) groups is 1. The second-order valence-corrected chi connectivity index (χ2v) is 5.24. The summed E-state index contributed by atoms with van der Waals surface area (Å²) >= 11 is 0. The highest BCUT2D eigenvalue weighted by atomic mass is 16.5. The third-order valence-electron chi connectivity index (χ3n) is 3.94. The van der Waals surface area contributed by atoms with Crippen molar-refractivity contribution in [2.75, 3.05) is 20.3 Å². The lowest BCUT2D eigenvalue weighted by Gasteiger charge is -2.35. The van der Waals surface area contributed by atoms with E-state index in [-0.39, 0.29) is 18.6 Å². The third kappa shape index (κ3) is 3.51. The Balaban J connectivity index is 2.06. The zero-order valence-corrected chi connectivity index (χ0v) is 12.0. The highest BCUT2D eigenvalue weighted by molar-refractivity contribution is 5.80. The van der Waals surface area contributed by atoms with Gasteiger partial charge in [0.05, 0.1) is 13.5 Å². The number of hydrogen-bond donors (Lipinski definition) is 1. The normalized spacial score (nSPS) is 18.9. The van der Waals surface area contributed by atoms with Gasteiger partial charge in [0.25, 0.3) is 0 Å². The van der Waals surface area contributed by atoms with Crippen LogP contribution in [0.2, 0.25) is 0 Å². The summed E-state index contributed by atoms with van der Waals surface area (Å²) in [4.78, 5) is 14.4. The van der Waals surface area contributed by atoms with Gasteiger partial charge in [0, 0.05) is 24.8 Å². The Morgan fingerprint density at radius 3 is 2.95 bits per heavy atom. The summed E-state index contributed by atoms with van der Waals surface area (Å²) in [6.45, 7) is 0.946. The van der Waals surface area contributed by atoms with E-state index in [2.05, 4.69) is 0 Å². The van der Waals surface area contributed by atoms with Crippen molar-refractivity contribution < 1.29 is 14.6 Å². The lowest BCUT2D eigenvalue weighted by Crippen LogP contribution is -2.44. The molecule has 110 valence electrons. The number of likely N-dealkylation sites (tertiary alicyclic amines) is 1. The average Bonchev–Trinajstić information content (AvgIpc) is 2.48. The molecule has 1 aliphatic heterocycles. The Morgan fingerprint density at radius 2 is 2.20 bits per heavy atom. The molecule has 1 N–H and O–H groups in total. The maximum Gasteiger partial charge on any atom is 0.227 e. The second-order valence-electron chi connectivity index (χ2n) is 5.24. The Bertz CT molecular complexity index is 445. The van der Waals surface area contributed by atoms with E-state index >= 15 is 0 Å². The number of para-hydroxylation sites is 1. The number of aliphatic hydroxyl groups excluding tert-OH is 1. The van der Waals surface area contributed by atoms with Crippen LogP contribution in [-0.4, -0.2) is 42.2 Å². The molecule has 0 bridgehead atoms. The molecular weight excluding hydrogens is 254 g/mol. The van der Waals surface area contributed by atoms with Crippen molar-refractivity contribution in [2.45, 2.75) is 38.1 Å². The van der Waals surface area contributed by atoms with Crippen LogP contribution in [0, 0.1) is 0 Å². The first-order chi connectivity index (χ1) is 9.76. The summed E-state index contributed by atoms with van der Waals surface area (Å²) in [5.74, 6) is 0.893. The van der Waals surface area contributed by atoms with Gasteiger partial charge in [0.2, 0.25) is 5.91 Å². The molecule has 1 heterocycles. The van der Waals surface area contributed by atoms with Gasteiger partial charge in [-0.3, -0.25) is 4.79 Å². The fraction of sp³-hybridized carbons (Fsp3) is 0.562. The zero-order chi connectivity index (χ0) is 14.4. The van der Waals surface area contributed by atoms with Crippen molar-refractivity contribution in [1.29, 1.82) is 0 Å². The fourth-order valence-corrected chi connectivity index (χ4v) is 2.89. The molecule has 1 unspecified atom stereocenters. The molecule has 4 nitrogen and oxygen atoms in total. The van der Waals surface area contributed by atoms with Gasteiger partial charge >= 0.3 is 0 Å². The maximum atomic E-state index is 12.5. The summed E-state index contributed by atoms with van der Waals surface area (Å²) in [6.07, 6.45) is 4.24. The molecule has 2 rings (SSSR count). The molecule has 1 aromatic rings. The van der Waals surface area contributed by atoms with Gasteiger partial charge in [-0.25, -0.2) is 0 Å². The van der Waals surface area contributed by atoms with Crippen molar-refractivity contribution in [3.05, 3.63) is 29.8 Å². The number of benzene rings is 1. The van der Waals surface area contributed by atoms with Crippen molar-refractivity contribution in [3.63, 3.8) is 0 Å². The molecule has 1 aliphatic rings. The highest BCUT2D eigenvalue weighted by Crippen LogP contribution is 2.23. The molecule has 1 atom stereocenters. The van der Waals surface area contributed by atoms with E-state index in [1.165, 1.54) is 0 Å². The van der Waals surface area contributed by atoms with Crippen LogP contribution in [-0.2, 0) is 11.2 Å². The lowest BCUT2D eigenvalue weighted by molar-refractivity contribution is -0.134. The molecule has 1 saturated heterocycles. The summed E-state index contributed by atoms with van der Waals surface area (Å²) < 4.78 is 5.30. The van der Waals surface area contributed by atoms with Crippen molar-refractivity contribution in [3.8, 4) is 5.75 Å². The molecular formula is C16H23NO3. The first-order valence-electron chi connectivity index (χ1n) is 7.28. The fourth-order valence-electron chi connectivity index (χ4n) is 2.89. The SMILES string of the molecule is COc1ccccc1CC(=O)N1CCCCC1CCO.